The molecule has 0 saturated heterocycles. The van der Waals surface area contributed by atoms with Gasteiger partial charge >= 0.3 is 16.2 Å². The van der Waals surface area contributed by atoms with Crippen molar-refractivity contribution in [1.29, 1.82) is 0 Å². The number of hydrogen-bond acceptors (Lipinski definition) is 6. The molecule has 0 atom stereocenters. The minimum Gasteiger partial charge on any atom is -0.355 e. The summed E-state index contributed by atoms with van der Waals surface area (Å²) in [6, 6.07) is 7.65. The molecule has 3 N–H and O–H groups in total. The molecule has 0 unspecified atom stereocenters. The number of carbonyl (C=O) groups excluding carboxylic acids is 2. The molecular weight excluding hydrogens is 348 g/mol. The van der Waals surface area contributed by atoms with Crippen molar-refractivity contribution in [2.45, 2.75) is 6.92 Å². The van der Waals surface area contributed by atoms with Crippen molar-refractivity contribution in [2.75, 3.05) is 7.05 Å². The van der Waals surface area contributed by atoms with E-state index in [1.165, 1.54) is 26.3 Å². The first-order chi connectivity index (χ1) is 11.8. The smallest absolute Gasteiger partial charge is 0.355 e. The summed E-state index contributed by atoms with van der Waals surface area (Å²) in [6.45, 7) is 1.53. The molecule has 10 heteroatoms. The van der Waals surface area contributed by atoms with Crippen LogP contribution in [0.1, 0.15) is 27.8 Å². The molecule has 132 valence electrons. The SMILES string of the molecule is CC=NOC(=O)c1c(-c2ccc(C(=O)NC)cc2)ccn1S(N)(=O)=O. The van der Waals surface area contributed by atoms with Crippen LogP contribution in [-0.2, 0) is 15.0 Å². The fourth-order valence-electron chi connectivity index (χ4n) is 2.15. The summed E-state index contributed by atoms with van der Waals surface area (Å²) in [5.74, 6) is -1.26. The molecule has 0 aliphatic heterocycles. The Labute approximate surface area is 144 Å². The largest absolute Gasteiger partial charge is 0.383 e. The standard InChI is InChI=1S/C15H16N4O5S/c1-3-18-24-15(21)13-12(8-9-19(13)25(16,22)23)10-4-6-11(7-5-10)14(20)17-2/h3-9H,1-2H3,(H,17,20)(H2,16,22,23). The number of aromatic nitrogens is 1. The summed E-state index contributed by atoms with van der Waals surface area (Å²) in [5, 5.41) is 11.0. The quantitative estimate of drug-likeness (QED) is 0.458. The molecule has 1 aromatic heterocycles. The molecule has 0 aliphatic carbocycles. The van der Waals surface area contributed by atoms with E-state index in [0.29, 0.717) is 15.1 Å². The van der Waals surface area contributed by atoms with Crippen molar-refractivity contribution in [3.05, 3.63) is 47.8 Å². The molecule has 1 amide bonds. The van der Waals surface area contributed by atoms with Crippen LogP contribution < -0.4 is 10.5 Å². The van der Waals surface area contributed by atoms with E-state index in [4.69, 9.17) is 5.14 Å². The highest BCUT2D eigenvalue weighted by atomic mass is 32.2. The van der Waals surface area contributed by atoms with E-state index < -0.39 is 16.2 Å². The van der Waals surface area contributed by atoms with Crippen LogP contribution >= 0.6 is 0 Å². The normalized spacial score (nSPS) is 11.5. The summed E-state index contributed by atoms with van der Waals surface area (Å²) < 4.78 is 24.0. The summed E-state index contributed by atoms with van der Waals surface area (Å²) in [7, 11) is -2.71. The third kappa shape index (κ3) is 3.92. The molecule has 0 radical (unpaired) electrons. The molecule has 9 nitrogen and oxygen atoms in total. The number of nitrogens with one attached hydrogen (secondary N) is 1. The highest BCUT2D eigenvalue weighted by Crippen LogP contribution is 2.27. The van der Waals surface area contributed by atoms with E-state index in [1.807, 2.05) is 0 Å². The van der Waals surface area contributed by atoms with Crippen LogP contribution in [0.5, 0.6) is 0 Å². The van der Waals surface area contributed by atoms with Gasteiger partial charge in [-0.15, -0.1) is 0 Å². The third-order valence-electron chi connectivity index (χ3n) is 3.25. The number of nitrogens with two attached hydrogens (primary N) is 1. The van der Waals surface area contributed by atoms with E-state index in [-0.39, 0.29) is 17.2 Å². The fourth-order valence-corrected chi connectivity index (χ4v) is 2.81. The van der Waals surface area contributed by atoms with Gasteiger partial charge in [0.15, 0.2) is 5.69 Å². The average Bonchev–Trinajstić information content (AvgIpc) is 3.04. The molecule has 0 aliphatic rings. The van der Waals surface area contributed by atoms with Crippen molar-refractivity contribution in [1.82, 2.24) is 9.29 Å². The van der Waals surface area contributed by atoms with Gasteiger partial charge in [0.05, 0.1) is 0 Å². The summed E-state index contributed by atoms with van der Waals surface area (Å²) >= 11 is 0. The number of amides is 1. The van der Waals surface area contributed by atoms with Crippen LogP contribution in [0.25, 0.3) is 11.1 Å². The Morgan fingerprint density at radius 3 is 2.40 bits per heavy atom. The topological polar surface area (TPSA) is 133 Å². The second-order valence-corrected chi connectivity index (χ2v) is 6.24. The van der Waals surface area contributed by atoms with Gasteiger partial charge in [0, 0.05) is 30.6 Å². The maximum absolute atomic E-state index is 12.2. The van der Waals surface area contributed by atoms with E-state index in [2.05, 4.69) is 15.3 Å². The zero-order valence-corrected chi connectivity index (χ0v) is 14.3. The molecule has 0 spiro atoms. The van der Waals surface area contributed by atoms with Crippen molar-refractivity contribution >= 4 is 28.3 Å². The van der Waals surface area contributed by atoms with E-state index in [9.17, 15) is 18.0 Å². The van der Waals surface area contributed by atoms with E-state index in [0.717, 1.165) is 6.20 Å². The van der Waals surface area contributed by atoms with E-state index >= 15 is 0 Å². The Balaban J connectivity index is 2.56. The number of carbonyl (C=O) groups is 2. The zero-order chi connectivity index (χ0) is 18.6. The average molecular weight is 364 g/mol. The molecule has 0 fully saturated rings. The second-order valence-electron chi connectivity index (χ2n) is 4.82. The van der Waals surface area contributed by atoms with Gasteiger partial charge in [0.1, 0.15) is 0 Å². The predicted octanol–water partition coefficient (Wildman–Crippen LogP) is 0.729. The number of nitrogens with zero attached hydrogens (tertiary/aromatic N) is 2. The summed E-state index contributed by atoms with van der Waals surface area (Å²) in [5.41, 5.74) is 0.897. The van der Waals surface area contributed by atoms with Crippen molar-refractivity contribution in [2.24, 2.45) is 10.3 Å². The molecule has 2 rings (SSSR count). The highest BCUT2D eigenvalue weighted by Gasteiger charge is 2.25. The first-order valence-corrected chi connectivity index (χ1v) is 8.56. The lowest BCUT2D eigenvalue weighted by Crippen LogP contribution is -2.25. The lowest BCUT2D eigenvalue weighted by Gasteiger charge is -2.08. The minimum absolute atomic E-state index is 0.272. The Morgan fingerprint density at radius 1 is 1.24 bits per heavy atom. The van der Waals surface area contributed by atoms with Gasteiger partial charge in [-0.1, -0.05) is 17.3 Å². The van der Waals surface area contributed by atoms with Gasteiger partial charge in [-0.3, -0.25) is 4.79 Å². The second kappa shape index (κ2) is 7.28. The Hall–Kier alpha value is -2.98. The van der Waals surface area contributed by atoms with Crippen molar-refractivity contribution < 1.29 is 22.8 Å². The van der Waals surface area contributed by atoms with Crippen LogP contribution in [0.3, 0.4) is 0 Å². The van der Waals surface area contributed by atoms with Crippen LogP contribution in [0.2, 0.25) is 0 Å². The maximum atomic E-state index is 12.2. The molecule has 1 heterocycles. The first kappa shape index (κ1) is 18.4. The molecule has 2 aromatic rings. The van der Waals surface area contributed by atoms with Gasteiger partial charge in [0.25, 0.3) is 5.91 Å². The molecule has 1 aromatic carbocycles. The monoisotopic (exact) mass is 364 g/mol. The molecule has 25 heavy (non-hydrogen) atoms. The number of oxime groups is 1. The zero-order valence-electron chi connectivity index (χ0n) is 13.5. The summed E-state index contributed by atoms with van der Waals surface area (Å²) in [4.78, 5) is 28.4. The minimum atomic E-state index is -4.22. The van der Waals surface area contributed by atoms with Crippen LogP contribution in [0.4, 0.5) is 0 Å². The van der Waals surface area contributed by atoms with Gasteiger partial charge in [-0.05, 0) is 30.7 Å². The van der Waals surface area contributed by atoms with E-state index in [1.54, 1.807) is 24.3 Å². The fraction of sp³-hybridized carbons (Fsp3) is 0.133. The van der Waals surface area contributed by atoms with Gasteiger partial charge in [0.2, 0.25) is 0 Å². The maximum Gasteiger partial charge on any atom is 0.383 e. The van der Waals surface area contributed by atoms with Crippen LogP contribution in [0.15, 0.2) is 41.7 Å². The van der Waals surface area contributed by atoms with Crippen molar-refractivity contribution in [3.8, 4) is 11.1 Å². The van der Waals surface area contributed by atoms with Crippen LogP contribution in [0, 0.1) is 0 Å². The number of benzene rings is 1. The Morgan fingerprint density at radius 2 is 1.88 bits per heavy atom. The third-order valence-corrected chi connectivity index (χ3v) is 4.10. The van der Waals surface area contributed by atoms with Gasteiger partial charge in [-0.2, -0.15) is 8.42 Å². The van der Waals surface area contributed by atoms with Gasteiger partial charge in [-0.25, -0.2) is 13.9 Å². The predicted molar refractivity (Wildman–Crippen MR) is 91.3 cm³/mol. The Kier molecular flexibility index (Phi) is 5.35. The van der Waals surface area contributed by atoms with Gasteiger partial charge < -0.3 is 10.2 Å². The molecule has 0 bridgehead atoms. The molecule has 0 saturated carbocycles. The lowest BCUT2D eigenvalue weighted by atomic mass is 10.0. The van der Waals surface area contributed by atoms with Crippen molar-refractivity contribution in [3.63, 3.8) is 0 Å². The molecular formula is C15H16N4O5S. The highest BCUT2D eigenvalue weighted by molar-refractivity contribution is 7.87. The Bertz CT molecular complexity index is 929. The summed E-state index contributed by atoms with van der Waals surface area (Å²) in [6.07, 6.45) is 2.38. The lowest BCUT2D eigenvalue weighted by molar-refractivity contribution is 0.0511. The van der Waals surface area contributed by atoms with Crippen LogP contribution in [-0.4, -0.2) is 37.5 Å². The number of rotatable bonds is 5. The number of hydrogen-bond donors (Lipinski definition) is 2. The first-order valence-electron chi connectivity index (χ1n) is 7.06.